The molecule has 0 fully saturated rings. The first-order valence-electron chi connectivity index (χ1n) is 4.65. The van der Waals surface area contributed by atoms with Crippen molar-refractivity contribution in [1.29, 1.82) is 0 Å². The second-order valence-electron chi connectivity index (χ2n) is 3.26. The lowest BCUT2D eigenvalue weighted by molar-refractivity contribution is 0.151. The van der Waals surface area contributed by atoms with E-state index in [2.05, 4.69) is 9.97 Å². The van der Waals surface area contributed by atoms with Gasteiger partial charge in [-0.25, -0.2) is 18.7 Å². The van der Waals surface area contributed by atoms with E-state index in [9.17, 15) is 8.78 Å². The molecular weight excluding hydrogens is 269 g/mol. The number of hydrogen-bond acceptors (Lipinski definition) is 2. The molecule has 0 unspecified atom stereocenters. The summed E-state index contributed by atoms with van der Waals surface area (Å²) in [5.41, 5.74) is 0.356. The van der Waals surface area contributed by atoms with Crippen LogP contribution in [0, 0.1) is 0 Å². The molecule has 0 aliphatic heterocycles. The number of halogens is 4. The Kier molecular flexibility index (Phi) is 3.54. The Balaban J connectivity index is 2.49. The second kappa shape index (κ2) is 4.94. The molecule has 88 valence electrons. The third-order valence-electron chi connectivity index (χ3n) is 2.06. The van der Waals surface area contributed by atoms with Crippen molar-refractivity contribution < 1.29 is 8.78 Å². The maximum atomic E-state index is 12.5. The van der Waals surface area contributed by atoms with Gasteiger partial charge in [-0.1, -0.05) is 41.4 Å². The van der Waals surface area contributed by atoms with Gasteiger partial charge in [-0.3, -0.25) is 0 Å². The van der Waals surface area contributed by atoms with E-state index in [0.717, 1.165) is 0 Å². The van der Waals surface area contributed by atoms with Crippen molar-refractivity contribution in [2.45, 2.75) is 6.43 Å². The fourth-order valence-corrected chi connectivity index (χ4v) is 1.76. The Bertz CT molecular complexity index is 526. The summed E-state index contributed by atoms with van der Waals surface area (Å²) < 4.78 is 25.1. The Morgan fingerprint density at radius 3 is 2.24 bits per heavy atom. The van der Waals surface area contributed by atoms with E-state index in [1.165, 1.54) is 24.3 Å². The molecule has 0 saturated carbocycles. The van der Waals surface area contributed by atoms with Crippen LogP contribution in [-0.4, -0.2) is 9.97 Å². The van der Waals surface area contributed by atoms with Crippen LogP contribution in [0.25, 0.3) is 11.4 Å². The van der Waals surface area contributed by atoms with E-state index in [0.29, 0.717) is 5.56 Å². The zero-order chi connectivity index (χ0) is 12.4. The van der Waals surface area contributed by atoms with E-state index < -0.39 is 6.43 Å². The highest BCUT2D eigenvalue weighted by Gasteiger charge is 2.10. The molecule has 0 aliphatic carbocycles. The van der Waals surface area contributed by atoms with Crippen LogP contribution in [0.15, 0.2) is 30.3 Å². The van der Waals surface area contributed by atoms with Gasteiger partial charge in [0.05, 0.1) is 0 Å². The van der Waals surface area contributed by atoms with Crippen LogP contribution in [0.1, 0.15) is 12.0 Å². The number of benzene rings is 1. The zero-order valence-corrected chi connectivity index (χ0v) is 9.88. The van der Waals surface area contributed by atoms with Crippen LogP contribution < -0.4 is 0 Å². The highest BCUT2D eigenvalue weighted by Crippen LogP contribution is 2.25. The highest BCUT2D eigenvalue weighted by molar-refractivity contribution is 6.33. The third kappa shape index (κ3) is 2.90. The molecule has 1 heterocycles. The SMILES string of the molecule is FC(F)c1cccc(-c2nc(Cl)cc(Cl)n2)c1. The lowest BCUT2D eigenvalue weighted by Crippen LogP contribution is -1.92. The Morgan fingerprint density at radius 1 is 1.00 bits per heavy atom. The molecule has 0 spiro atoms. The van der Waals surface area contributed by atoms with E-state index in [1.54, 1.807) is 6.07 Å². The number of nitrogens with zero attached hydrogens (tertiary/aromatic N) is 2. The normalized spacial score (nSPS) is 10.9. The molecule has 2 nitrogen and oxygen atoms in total. The second-order valence-corrected chi connectivity index (χ2v) is 4.04. The number of aromatic nitrogens is 2. The summed E-state index contributed by atoms with van der Waals surface area (Å²) in [6.45, 7) is 0. The molecule has 0 amide bonds. The van der Waals surface area contributed by atoms with Crippen LogP contribution in [0.2, 0.25) is 10.3 Å². The molecule has 2 rings (SSSR count). The highest BCUT2D eigenvalue weighted by atomic mass is 35.5. The average Bonchev–Trinajstić information content (AvgIpc) is 2.28. The number of alkyl halides is 2. The fourth-order valence-electron chi connectivity index (χ4n) is 1.33. The van der Waals surface area contributed by atoms with Gasteiger partial charge in [0.15, 0.2) is 5.82 Å². The van der Waals surface area contributed by atoms with Gasteiger partial charge in [0.2, 0.25) is 0 Å². The standard InChI is InChI=1S/C11H6Cl2F2N2/c12-8-5-9(13)17-11(16-8)7-3-1-2-6(4-7)10(14)15/h1-5,10H. The minimum Gasteiger partial charge on any atom is -0.216 e. The van der Waals surface area contributed by atoms with Gasteiger partial charge in [0.1, 0.15) is 10.3 Å². The van der Waals surface area contributed by atoms with Crippen LogP contribution in [0.4, 0.5) is 8.78 Å². The van der Waals surface area contributed by atoms with Gasteiger partial charge in [-0.15, -0.1) is 0 Å². The Hall–Kier alpha value is -1.26. The van der Waals surface area contributed by atoms with Gasteiger partial charge >= 0.3 is 0 Å². The first-order chi connectivity index (χ1) is 8.06. The topological polar surface area (TPSA) is 25.8 Å². The van der Waals surface area contributed by atoms with Gasteiger partial charge < -0.3 is 0 Å². The molecule has 2 aromatic rings. The lowest BCUT2D eigenvalue weighted by Gasteiger charge is -2.04. The molecule has 0 bridgehead atoms. The Labute approximate surface area is 106 Å². The first kappa shape index (κ1) is 12.2. The lowest BCUT2D eigenvalue weighted by atomic mass is 10.1. The van der Waals surface area contributed by atoms with Crippen molar-refractivity contribution >= 4 is 23.2 Å². The molecular formula is C11H6Cl2F2N2. The summed E-state index contributed by atoms with van der Waals surface area (Å²) >= 11 is 11.4. The van der Waals surface area contributed by atoms with Gasteiger partial charge in [-0.2, -0.15) is 0 Å². The predicted molar refractivity (Wildman–Crippen MR) is 62.4 cm³/mol. The molecule has 0 aliphatic rings. The van der Waals surface area contributed by atoms with Crippen molar-refractivity contribution in [3.63, 3.8) is 0 Å². The fraction of sp³-hybridized carbons (Fsp3) is 0.0909. The van der Waals surface area contributed by atoms with Crippen molar-refractivity contribution in [1.82, 2.24) is 9.97 Å². The maximum Gasteiger partial charge on any atom is 0.263 e. The van der Waals surface area contributed by atoms with Crippen molar-refractivity contribution in [3.05, 3.63) is 46.2 Å². The van der Waals surface area contributed by atoms with E-state index in [-0.39, 0.29) is 21.7 Å². The zero-order valence-electron chi connectivity index (χ0n) is 8.37. The van der Waals surface area contributed by atoms with E-state index in [4.69, 9.17) is 23.2 Å². The summed E-state index contributed by atoms with van der Waals surface area (Å²) in [4.78, 5) is 7.86. The maximum absolute atomic E-state index is 12.5. The van der Waals surface area contributed by atoms with E-state index in [1.807, 2.05) is 0 Å². The summed E-state index contributed by atoms with van der Waals surface area (Å²) in [7, 11) is 0. The molecule has 0 radical (unpaired) electrons. The van der Waals surface area contributed by atoms with Crippen molar-refractivity contribution in [2.75, 3.05) is 0 Å². The molecule has 1 aromatic heterocycles. The smallest absolute Gasteiger partial charge is 0.216 e. The largest absolute Gasteiger partial charge is 0.263 e. The minimum absolute atomic E-state index is 0.0952. The summed E-state index contributed by atoms with van der Waals surface area (Å²) in [5.74, 6) is 0.227. The predicted octanol–water partition coefficient (Wildman–Crippen LogP) is 4.39. The molecule has 1 aromatic carbocycles. The molecule has 0 saturated heterocycles. The van der Waals surface area contributed by atoms with Crippen LogP contribution in [0.3, 0.4) is 0 Å². The van der Waals surface area contributed by atoms with Crippen LogP contribution >= 0.6 is 23.2 Å². The minimum atomic E-state index is -2.54. The van der Waals surface area contributed by atoms with Gasteiger partial charge in [0, 0.05) is 17.2 Å². The molecule has 6 heteroatoms. The first-order valence-corrected chi connectivity index (χ1v) is 5.40. The van der Waals surface area contributed by atoms with Crippen molar-refractivity contribution in [3.8, 4) is 11.4 Å². The van der Waals surface area contributed by atoms with Crippen molar-refractivity contribution in [2.24, 2.45) is 0 Å². The Morgan fingerprint density at radius 2 is 1.65 bits per heavy atom. The third-order valence-corrected chi connectivity index (χ3v) is 2.45. The quantitative estimate of drug-likeness (QED) is 0.760. The number of rotatable bonds is 2. The monoisotopic (exact) mass is 274 g/mol. The molecule has 0 N–H and O–H groups in total. The summed E-state index contributed by atoms with van der Waals surface area (Å²) in [5, 5.41) is 0.338. The summed E-state index contributed by atoms with van der Waals surface area (Å²) in [6.07, 6.45) is -2.54. The van der Waals surface area contributed by atoms with Crippen LogP contribution in [-0.2, 0) is 0 Å². The van der Waals surface area contributed by atoms with E-state index >= 15 is 0 Å². The van der Waals surface area contributed by atoms with Gasteiger partial charge in [0.25, 0.3) is 6.43 Å². The molecule has 0 atom stereocenters. The van der Waals surface area contributed by atoms with Gasteiger partial charge in [-0.05, 0) is 6.07 Å². The number of hydrogen-bond donors (Lipinski definition) is 0. The average molecular weight is 275 g/mol. The van der Waals surface area contributed by atoms with Crippen LogP contribution in [0.5, 0.6) is 0 Å². The summed E-state index contributed by atoms with van der Waals surface area (Å²) in [6, 6.07) is 7.15. The molecule has 17 heavy (non-hydrogen) atoms.